The summed E-state index contributed by atoms with van der Waals surface area (Å²) in [5, 5.41) is 3.49. The summed E-state index contributed by atoms with van der Waals surface area (Å²) in [5.41, 5.74) is 7.42. The van der Waals surface area contributed by atoms with Crippen molar-refractivity contribution in [3.8, 4) is 0 Å². The third kappa shape index (κ3) is 5.02. The number of hydrogen-bond acceptors (Lipinski definition) is 5. The molecule has 2 atom stereocenters. The van der Waals surface area contributed by atoms with Crippen LogP contribution in [-0.4, -0.2) is 60.3 Å². The topological polar surface area (TPSA) is 78.7 Å². The molecule has 2 unspecified atom stereocenters. The lowest BCUT2D eigenvalue weighted by molar-refractivity contribution is -0.129. The van der Waals surface area contributed by atoms with Crippen molar-refractivity contribution in [2.75, 3.05) is 31.9 Å². The molecule has 0 radical (unpaired) electrons. The summed E-state index contributed by atoms with van der Waals surface area (Å²) in [4.78, 5) is 28.6. The number of carbonyl (C=O) groups excluding carboxylic acids is 2. The van der Waals surface area contributed by atoms with E-state index in [1.165, 1.54) is 0 Å². The molecule has 1 heterocycles. The summed E-state index contributed by atoms with van der Waals surface area (Å²) in [7, 11) is 0. The average molecular weight is 455 g/mol. The Bertz CT molecular complexity index is 835. The number of nitrogen functional groups attached to an aromatic ring is 1. The first kappa shape index (κ1) is 22.4. The van der Waals surface area contributed by atoms with Gasteiger partial charge < -0.3 is 11.1 Å². The predicted octanol–water partition coefficient (Wildman–Crippen LogP) is 2.90. The first-order chi connectivity index (χ1) is 14.7. The van der Waals surface area contributed by atoms with Gasteiger partial charge in [-0.1, -0.05) is 11.6 Å². The molecular formula is C22H29ClF2N4O2. The number of aldehydes is 1. The lowest BCUT2D eigenvalue weighted by Crippen LogP contribution is -2.56. The molecule has 170 valence electrons. The third-order valence-electron chi connectivity index (χ3n) is 7.20. The Morgan fingerprint density at radius 2 is 1.90 bits per heavy atom. The molecule has 0 aromatic heterocycles. The van der Waals surface area contributed by atoms with Crippen LogP contribution in [0.25, 0.3) is 0 Å². The van der Waals surface area contributed by atoms with Crippen LogP contribution in [0.15, 0.2) is 18.2 Å². The number of nitrogens with two attached hydrogens (primary N) is 1. The maximum Gasteiger partial charge on any atom is 0.248 e. The van der Waals surface area contributed by atoms with Gasteiger partial charge in [-0.15, -0.1) is 0 Å². The number of anilines is 1. The van der Waals surface area contributed by atoms with Gasteiger partial charge in [-0.3, -0.25) is 19.4 Å². The Morgan fingerprint density at radius 1 is 1.23 bits per heavy atom. The number of amides is 1. The maximum absolute atomic E-state index is 13.5. The Balaban J connectivity index is 1.26. The van der Waals surface area contributed by atoms with Crippen LogP contribution in [-0.2, 0) is 16.1 Å². The first-order valence-electron chi connectivity index (χ1n) is 10.9. The van der Waals surface area contributed by atoms with E-state index in [-0.39, 0.29) is 30.1 Å². The van der Waals surface area contributed by atoms with Crippen molar-refractivity contribution in [1.29, 1.82) is 0 Å². The number of piperazine rings is 1. The van der Waals surface area contributed by atoms with Crippen LogP contribution in [0.2, 0.25) is 5.02 Å². The van der Waals surface area contributed by atoms with Crippen LogP contribution >= 0.6 is 11.6 Å². The number of carbonyl (C=O) groups is 2. The largest absolute Gasteiger partial charge is 0.398 e. The van der Waals surface area contributed by atoms with Crippen LogP contribution in [0.4, 0.5) is 14.5 Å². The normalized spacial score (nSPS) is 26.4. The van der Waals surface area contributed by atoms with Gasteiger partial charge in [0.25, 0.3) is 0 Å². The number of nitrogens with zero attached hydrogens (tertiary/aromatic N) is 2. The SMILES string of the molecule is Nc1ccc(Cl)cc1CN1CCN(C(C=O)NC(=O)C2CC23CCC(F)(F)CC3)CC1. The van der Waals surface area contributed by atoms with Crippen molar-refractivity contribution in [1.82, 2.24) is 15.1 Å². The molecule has 3 N–H and O–H groups in total. The second kappa shape index (κ2) is 8.64. The molecule has 1 aromatic carbocycles. The van der Waals surface area contributed by atoms with Gasteiger partial charge in [0.2, 0.25) is 11.8 Å². The van der Waals surface area contributed by atoms with Crippen molar-refractivity contribution in [2.24, 2.45) is 11.3 Å². The molecule has 1 amide bonds. The number of hydrogen-bond donors (Lipinski definition) is 2. The van der Waals surface area contributed by atoms with Gasteiger partial charge in [-0.2, -0.15) is 0 Å². The summed E-state index contributed by atoms with van der Waals surface area (Å²) >= 11 is 6.07. The maximum atomic E-state index is 13.5. The van der Waals surface area contributed by atoms with Gasteiger partial charge >= 0.3 is 0 Å². The fourth-order valence-electron chi connectivity index (χ4n) is 4.99. The van der Waals surface area contributed by atoms with E-state index in [1.807, 2.05) is 11.0 Å². The highest BCUT2D eigenvalue weighted by Crippen LogP contribution is 2.63. The molecule has 4 rings (SSSR count). The van der Waals surface area contributed by atoms with Crippen molar-refractivity contribution in [3.63, 3.8) is 0 Å². The Morgan fingerprint density at radius 3 is 2.55 bits per heavy atom. The third-order valence-corrected chi connectivity index (χ3v) is 7.44. The molecule has 1 aliphatic heterocycles. The van der Waals surface area contributed by atoms with E-state index < -0.39 is 12.1 Å². The van der Waals surface area contributed by atoms with Crippen LogP contribution in [0, 0.1) is 11.3 Å². The highest BCUT2D eigenvalue weighted by molar-refractivity contribution is 6.30. The average Bonchev–Trinajstić information content (AvgIpc) is 3.46. The molecule has 0 bridgehead atoms. The molecular weight excluding hydrogens is 426 g/mol. The quantitative estimate of drug-likeness (QED) is 0.510. The standard InChI is InChI=1S/C22H29ClF2N4O2/c23-16-1-2-18(26)15(11-16)13-28-7-9-29(10-8-28)19(14-30)27-20(31)17-12-21(17)3-5-22(24,25)6-4-21/h1-2,11,14,17,19H,3-10,12-13,26H2,(H,27,31). The van der Waals surface area contributed by atoms with Crippen LogP contribution in [0.5, 0.6) is 0 Å². The van der Waals surface area contributed by atoms with Crippen molar-refractivity contribution < 1.29 is 18.4 Å². The minimum Gasteiger partial charge on any atom is -0.398 e. The second-order valence-electron chi connectivity index (χ2n) is 9.22. The van der Waals surface area contributed by atoms with Gasteiger partial charge in [0.15, 0.2) is 6.29 Å². The number of halogens is 3. The lowest BCUT2D eigenvalue weighted by Gasteiger charge is -2.37. The molecule has 6 nitrogen and oxygen atoms in total. The van der Waals surface area contributed by atoms with E-state index in [9.17, 15) is 18.4 Å². The molecule has 3 fully saturated rings. The molecule has 31 heavy (non-hydrogen) atoms. The van der Waals surface area contributed by atoms with Gasteiger partial charge in [0, 0.05) is 62.2 Å². The van der Waals surface area contributed by atoms with Crippen LogP contribution in [0.1, 0.15) is 37.7 Å². The van der Waals surface area contributed by atoms with E-state index in [1.54, 1.807) is 12.1 Å². The zero-order chi connectivity index (χ0) is 22.2. The van der Waals surface area contributed by atoms with E-state index in [0.29, 0.717) is 49.6 Å². The highest BCUT2D eigenvalue weighted by atomic mass is 35.5. The highest BCUT2D eigenvalue weighted by Gasteiger charge is 2.61. The molecule has 2 saturated carbocycles. The Kier molecular flexibility index (Phi) is 6.25. The number of benzene rings is 1. The van der Waals surface area contributed by atoms with E-state index in [0.717, 1.165) is 24.9 Å². The zero-order valence-corrected chi connectivity index (χ0v) is 18.2. The van der Waals surface area contributed by atoms with Crippen molar-refractivity contribution in [3.05, 3.63) is 28.8 Å². The molecule has 1 aromatic rings. The second-order valence-corrected chi connectivity index (χ2v) is 9.66. The van der Waals surface area contributed by atoms with Gasteiger partial charge in [-0.25, -0.2) is 8.78 Å². The Labute approximate surface area is 186 Å². The van der Waals surface area contributed by atoms with Crippen LogP contribution in [0.3, 0.4) is 0 Å². The van der Waals surface area contributed by atoms with Crippen LogP contribution < -0.4 is 11.1 Å². The monoisotopic (exact) mass is 454 g/mol. The summed E-state index contributed by atoms with van der Waals surface area (Å²) in [6.07, 6.45) is 1.19. The van der Waals surface area contributed by atoms with Crippen molar-refractivity contribution in [2.45, 2.75) is 50.7 Å². The molecule has 1 saturated heterocycles. The lowest BCUT2D eigenvalue weighted by atomic mass is 9.82. The van der Waals surface area contributed by atoms with Gasteiger partial charge in [0.1, 0.15) is 6.17 Å². The molecule has 1 spiro atoms. The summed E-state index contributed by atoms with van der Waals surface area (Å²) in [5.74, 6) is -3.04. The predicted molar refractivity (Wildman–Crippen MR) is 115 cm³/mol. The minimum absolute atomic E-state index is 0.146. The van der Waals surface area contributed by atoms with Crippen molar-refractivity contribution >= 4 is 29.5 Å². The van der Waals surface area contributed by atoms with Gasteiger partial charge in [0.05, 0.1) is 0 Å². The molecule has 2 aliphatic carbocycles. The zero-order valence-electron chi connectivity index (χ0n) is 17.5. The fourth-order valence-corrected chi connectivity index (χ4v) is 5.19. The van der Waals surface area contributed by atoms with Gasteiger partial charge in [-0.05, 0) is 48.4 Å². The number of alkyl halides is 2. The summed E-state index contributed by atoms with van der Waals surface area (Å²) in [6, 6.07) is 5.42. The first-order valence-corrected chi connectivity index (χ1v) is 11.2. The summed E-state index contributed by atoms with van der Waals surface area (Å²) < 4.78 is 26.9. The van der Waals surface area contributed by atoms with E-state index >= 15 is 0 Å². The Hall–Kier alpha value is -1.77. The van der Waals surface area contributed by atoms with E-state index in [4.69, 9.17) is 17.3 Å². The smallest absolute Gasteiger partial charge is 0.248 e. The minimum atomic E-state index is -2.60. The number of rotatable bonds is 6. The summed E-state index contributed by atoms with van der Waals surface area (Å²) in [6.45, 7) is 3.40. The molecule has 9 heteroatoms. The number of nitrogens with one attached hydrogen (secondary N) is 1. The van der Waals surface area contributed by atoms with E-state index in [2.05, 4.69) is 10.2 Å². The fraction of sp³-hybridized carbons (Fsp3) is 0.636. The molecule has 3 aliphatic rings.